The number of piperidine rings is 1. The lowest BCUT2D eigenvalue weighted by molar-refractivity contribution is -0.140. The van der Waals surface area contributed by atoms with E-state index in [9.17, 15) is 13.2 Å². The molecule has 0 amide bonds. The van der Waals surface area contributed by atoms with Gasteiger partial charge in [-0.15, -0.1) is 11.3 Å². The lowest BCUT2D eigenvalue weighted by Gasteiger charge is -2.27. The maximum Gasteiger partial charge on any atom is 0.434 e. The fourth-order valence-corrected chi connectivity index (χ4v) is 2.84. The zero-order chi connectivity index (χ0) is 14.6. The van der Waals surface area contributed by atoms with Crippen LogP contribution in [0.4, 0.5) is 13.2 Å². The lowest BCUT2D eigenvalue weighted by atomic mass is 10.1. The molecule has 2 rings (SSSR count). The molecule has 0 bridgehead atoms. The molecule has 8 heteroatoms. The Balaban J connectivity index is 1.84. The van der Waals surface area contributed by atoms with Crippen LogP contribution in [0.25, 0.3) is 0 Å². The van der Waals surface area contributed by atoms with Crippen LogP contribution in [-0.4, -0.2) is 35.5 Å². The zero-order valence-corrected chi connectivity index (χ0v) is 11.8. The van der Waals surface area contributed by atoms with Gasteiger partial charge in [-0.3, -0.25) is 4.99 Å². The van der Waals surface area contributed by atoms with E-state index in [1.165, 1.54) is 6.42 Å². The number of hydrogen-bond acceptors (Lipinski definition) is 3. The molecule has 20 heavy (non-hydrogen) atoms. The quantitative estimate of drug-likeness (QED) is 0.689. The number of guanidine groups is 1. The van der Waals surface area contributed by atoms with E-state index < -0.39 is 11.9 Å². The highest BCUT2D eigenvalue weighted by Gasteiger charge is 2.33. The Labute approximate surface area is 119 Å². The van der Waals surface area contributed by atoms with Crippen LogP contribution >= 0.6 is 11.3 Å². The van der Waals surface area contributed by atoms with E-state index in [2.05, 4.69) is 9.98 Å². The Morgan fingerprint density at radius 2 is 2.05 bits per heavy atom. The maximum atomic E-state index is 12.4. The normalized spacial score (nSPS) is 17.6. The summed E-state index contributed by atoms with van der Waals surface area (Å²) in [5.41, 5.74) is 5.04. The minimum Gasteiger partial charge on any atom is -0.370 e. The van der Waals surface area contributed by atoms with E-state index in [1.54, 1.807) is 0 Å². The van der Waals surface area contributed by atoms with Crippen molar-refractivity contribution in [2.45, 2.75) is 31.9 Å². The van der Waals surface area contributed by atoms with Crippen LogP contribution < -0.4 is 5.73 Å². The number of thiazole rings is 1. The van der Waals surface area contributed by atoms with Gasteiger partial charge in [0.25, 0.3) is 0 Å². The van der Waals surface area contributed by atoms with Crippen molar-refractivity contribution in [2.75, 3.05) is 19.6 Å². The van der Waals surface area contributed by atoms with Crippen LogP contribution in [0, 0.1) is 0 Å². The Kier molecular flexibility index (Phi) is 4.85. The summed E-state index contributed by atoms with van der Waals surface area (Å²) in [6.45, 7) is 2.18. The van der Waals surface area contributed by atoms with Crippen molar-refractivity contribution in [3.05, 3.63) is 16.1 Å². The summed E-state index contributed by atoms with van der Waals surface area (Å²) >= 11 is 1.01. The van der Waals surface area contributed by atoms with E-state index in [4.69, 9.17) is 5.73 Å². The molecule has 0 aromatic carbocycles. The molecule has 0 spiro atoms. The molecule has 1 aliphatic heterocycles. The molecule has 0 unspecified atom stereocenters. The number of halogens is 3. The van der Waals surface area contributed by atoms with Crippen molar-refractivity contribution < 1.29 is 13.2 Å². The van der Waals surface area contributed by atoms with Gasteiger partial charge in [-0.05, 0) is 19.3 Å². The third-order valence-electron chi connectivity index (χ3n) is 3.12. The fourth-order valence-electron chi connectivity index (χ4n) is 2.05. The van der Waals surface area contributed by atoms with Gasteiger partial charge in [0.1, 0.15) is 0 Å². The van der Waals surface area contributed by atoms with Crippen LogP contribution in [0.15, 0.2) is 10.4 Å². The summed E-state index contributed by atoms with van der Waals surface area (Å²) in [5, 5.41) is 1.47. The number of likely N-dealkylation sites (tertiary alicyclic amines) is 1. The highest BCUT2D eigenvalue weighted by Crippen LogP contribution is 2.30. The first kappa shape index (κ1) is 15.1. The summed E-state index contributed by atoms with van der Waals surface area (Å²) in [6.07, 6.45) is -0.557. The minimum atomic E-state index is -4.37. The van der Waals surface area contributed by atoms with Crippen LogP contribution in [-0.2, 0) is 12.6 Å². The largest absolute Gasteiger partial charge is 0.434 e. The Morgan fingerprint density at radius 1 is 1.35 bits per heavy atom. The predicted octanol–water partition coefficient (Wildman–Crippen LogP) is 2.51. The number of hydrogen-bond donors (Lipinski definition) is 1. The molecule has 0 radical (unpaired) electrons. The first-order valence-corrected chi connectivity index (χ1v) is 7.41. The monoisotopic (exact) mass is 306 g/mol. The zero-order valence-electron chi connectivity index (χ0n) is 11.0. The average molecular weight is 306 g/mol. The number of alkyl halides is 3. The second kappa shape index (κ2) is 6.43. The number of nitrogens with two attached hydrogens (primary N) is 1. The van der Waals surface area contributed by atoms with Gasteiger partial charge in [0, 0.05) is 31.4 Å². The first-order chi connectivity index (χ1) is 9.47. The molecule has 1 aromatic rings. The number of aromatic nitrogens is 1. The smallest absolute Gasteiger partial charge is 0.370 e. The van der Waals surface area contributed by atoms with Crippen molar-refractivity contribution in [2.24, 2.45) is 10.7 Å². The molecule has 2 N–H and O–H groups in total. The summed E-state index contributed by atoms with van der Waals surface area (Å²) in [5.74, 6) is 0.484. The van der Waals surface area contributed by atoms with Gasteiger partial charge in [-0.2, -0.15) is 13.2 Å². The van der Waals surface area contributed by atoms with Crippen molar-refractivity contribution in [1.29, 1.82) is 0 Å². The topological polar surface area (TPSA) is 54.5 Å². The van der Waals surface area contributed by atoms with Crippen molar-refractivity contribution >= 4 is 17.3 Å². The van der Waals surface area contributed by atoms with Gasteiger partial charge in [0.2, 0.25) is 0 Å². The molecular formula is C12H17F3N4S. The fraction of sp³-hybridized carbons (Fsp3) is 0.667. The molecule has 1 fully saturated rings. The third kappa shape index (κ3) is 4.09. The van der Waals surface area contributed by atoms with E-state index in [0.29, 0.717) is 23.9 Å². The van der Waals surface area contributed by atoms with Gasteiger partial charge in [-0.1, -0.05) is 0 Å². The Bertz CT molecular complexity index is 464. The third-order valence-corrected chi connectivity index (χ3v) is 4.03. The second-order valence-electron chi connectivity index (χ2n) is 4.66. The predicted molar refractivity (Wildman–Crippen MR) is 72.7 cm³/mol. The molecule has 0 saturated carbocycles. The van der Waals surface area contributed by atoms with E-state index in [1.807, 2.05) is 4.90 Å². The van der Waals surface area contributed by atoms with Gasteiger partial charge >= 0.3 is 6.18 Å². The second-order valence-corrected chi connectivity index (χ2v) is 5.60. The van der Waals surface area contributed by atoms with Gasteiger partial charge < -0.3 is 10.6 Å². The van der Waals surface area contributed by atoms with Gasteiger partial charge in [-0.25, -0.2) is 4.98 Å². The van der Waals surface area contributed by atoms with Crippen molar-refractivity contribution in [3.8, 4) is 0 Å². The highest BCUT2D eigenvalue weighted by molar-refractivity contribution is 7.09. The number of nitrogens with zero attached hydrogens (tertiary/aromatic N) is 3. The first-order valence-electron chi connectivity index (χ1n) is 6.53. The summed E-state index contributed by atoms with van der Waals surface area (Å²) in [6, 6.07) is 0. The SMILES string of the molecule is NC(=NCCc1nc(C(F)(F)F)cs1)N1CCCCC1. The van der Waals surface area contributed by atoms with E-state index >= 15 is 0 Å². The van der Waals surface area contributed by atoms with E-state index in [-0.39, 0.29) is 0 Å². The summed E-state index contributed by atoms with van der Waals surface area (Å²) < 4.78 is 37.2. The maximum absolute atomic E-state index is 12.4. The molecule has 4 nitrogen and oxygen atoms in total. The Morgan fingerprint density at radius 3 is 2.65 bits per heavy atom. The standard InChI is InChI=1S/C12H17F3N4S/c13-12(14,15)9-8-20-10(18-9)4-5-17-11(16)19-6-2-1-3-7-19/h8H,1-7H2,(H2,16,17). The average Bonchev–Trinajstić information content (AvgIpc) is 2.88. The molecular weight excluding hydrogens is 289 g/mol. The van der Waals surface area contributed by atoms with Crippen molar-refractivity contribution in [1.82, 2.24) is 9.88 Å². The van der Waals surface area contributed by atoms with Crippen molar-refractivity contribution in [3.63, 3.8) is 0 Å². The minimum absolute atomic E-state index is 0.368. The highest BCUT2D eigenvalue weighted by atomic mass is 32.1. The Hall–Kier alpha value is -1.31. The summed E-state index contributed by atoms with van der Waals surface area (Å²) in [7, 11) is 0. The molecule has 0 aliphatic carbocycles. The molecule has 0 atom stereocenters. The molecule has 1 saturated heterocycles. The molecule has 1 aromatic heterocycles. The molecule has 2 heterocycles. The van der Waals surface area contributed by atoms with Crippen LogP contribution in [0.3, 0.4) is 0 Å². The number of aliphatic imine (C=N–C) groups is 1. The van der Waals surface area contributed by atoms with Gasteiger partial charge in [0.05, 0.1) is 5.01 Å². The van der Waals surface area contributed by atoms with Crippen LogP contribution in [0.2, 0.25) is 0 Å². The lowest BCUT2D eigenvalue weighted by Crippen LogP contribution is -2.41. The molecule has 112 valence electrons. The number of rotatable bonds is 3. The van der Waals surface area contributed by atoms with Crippen LogP contribution in [0.1, 0.15) is 30.0 Å². The summed E-state index contributed by atoms with van der Waals surface area (Å²) in [4.78, 5) is 9.80. The van der Waals surface area contributed by atoms with E-state index in [0.717, 1.165) is 42.6 Å². The van der Waals surface area contributed by atoms with Gasteiger partial charge in [0.15, 0.2) is 11.7 Å². The van der Waals surface area contributed by atoms with Crippen LogP contribution in [0.5, 0.6) is 0 Å². The molecule has 1 aliphatic rings.